The summed E-state index contributed by atoms with van der Waals surface area (Å²) in [6.45, 7) is 2.24. The summed E-state index contributed by atoms with van der Waals surface area (Å²) >= 11 is 0. The lowest BCUT2D eigenvalue weighted by molar-refractivity contribution is -0.143. The first-order chi connectivity index (χ1) is 12.7. The van der Waals surface area contributed by atoms with Crippen LogP contribution in [0.5, 0.6) is 0 Å². The molecule has 7 nitrogen and oxygen atoms in total. The highest BCUT2D eigenvalue weighted by Gasteiger charge is 2.40. The molecule has 146 valence electrons. The lowest BCUT2D eigenvalue weighted by Crippen LogP contribution is -2.19. The van der Waals surface area contributed by atoms with Crippen LogP contribution in [0.2, 0.25) is 0 Å². The number of nitrogens with zero attached hydrogens (tertiary/aromatic N) is 2. The lowest BCUT2D eigenvalue weighted by atomic mass is 10.2. The second kappa shape index (κ2) is 8.67. The number of carbonyl (C=O) groups excluding carboxylic acids is 1. The molecule has 0 spiro atoms. The van der Waals surface area contributed by atoms with Gasteiger partial charge in [-0.25, -0.2) is 9.48 Å². The number of nitrogens with one attached hydrogen (secondary N) is 1. The number of hydrogen-bond donors (Lipinski definition) is 2. The van der Waals surface area contributed by atoms with E-state index in [9.17, 15) is 22.8 Å². The summed E-state index contributed by atoms with van der Waals surface area (Å²) in [5.41, 5.74) is -2.17. The average Bonchev–Trinajstić information content (AvgIpc) is 3.05. The highest BCUT2D eigenvalue weighted by molar-refractivity contribution is 5.92. The molecule has 0 saturated carbocycles. The summed E-state index contributed by atoms with van der Waals surface area (Å²) < 4.78 is 45.5. The zero-order valence-electron chi connectivity index (χ0n) is 14.4. The van der Waals surface area contributed by atoms with Gasteiger partial charge < -0.3 is 15.2 Å². The van der Waals surface area contributed by atoms with Crippen LogP contribution < -0.4 is 5.32 Å². The van der Waals surface area contributed by atoms with Gasteiger partial charge in [0.25, 0.3) is 0 Å². The number of benzene rings is 1. The van der Waals surface area contributed by atoms with E-state index in [0.29, 0.717) is 17.5 Å². The van der Waals surface area contributed by atoms with Gasteiger partial charge in [0, 0.05) is 12.3 Å². The second-order valence-corrected chi connectivity index (χ2v) is 5.63. The number of ether oxygens (including phenoxy) is 1. The smallest absolute Gasteiger partial charge is 0.434 e. The number of alkyl halides is 3. The van der Waals surface area contributed by atoms with E-state index < -0.39 is 29.3 Å². The molecule has 0 saturated heterocycles. The monoisotopic (exact) mass is 385 g/mol. The first-order valence-electron chi connectivity index (χ1n) is 8.10. The van der Waals surface area contributed by atoms with E-state index in [1.54, 1.807) is 0 Å². The molecule has 2 rings (SSSR count). The molecule has 1 aromatic heterocycles. The number of aromatic carboxylic acids is 1. The normalized spacial score (nSPS) is 11.4. The Labute approximate surface area is 152 Å². The Bertz CT molecular complexity index is 818. The standard InChI is InChI=1S/C17H18F3N3O4/c1-2-3-7-27-10-14(24)22-11-5-4-6-12(8-11)23-15(17(18,19)20)13(9-21-23)16(25)26/h4-6,8-9H,2-3,7,10H2,1H3,(H,22,24)(H,25,26). The quantitative estimate of drug-likeness (QED) is 0.680. The van der Waals surface area contributed by atoms with Gasteiger partial charge in [-0.2, -0.15) is 18.3 Å². The number of halogens is 3. The van der Waals surface area contributed by atoms with E-state index >= 15 is 0 Å². The van der Waals surface area contributed by atoms with Crippen LogP contribution in [-0.4, -0.2) is 40.0 Å². The average molecular weight is 385 g/mol. The van der Waals surface area contributed by atoms with E-state index in [1.165, 1.54) is 24.3 Å². The molecule has 10 heteroatoms. The molecular formula is C17H18F3N3O4. The van der Waals surface area contributed by atoms with Gasteiger partial charge in [0.1, 0.15) is 12.2 Å². The maximum Gasteiger partial charge on any atom is 0.434 e. The number of carboxylic acids is 1. The first-order valence-corrected chi connectivity index (χ1v) is 8.10. The van der Waals surface area contributed by atoms with Crippen LogP contribution in [0, 0.1) is 0 Å². The number of amides is 1. The highest BCUT2D eigenvalue weighted by Crippen LogP contribution is 2.34. The van der Waals surface area contributed by atoms with E-state index in [1.807, 2.05) is 6.92 Å². The summed E-state index contributed by atoms with van der Waals surface area (Å²) in [5.74, 6) is -2.19. The van der Waals surface area contributed by atoms with Crippen molar-refractivity contribution in [2.75, 3.05) is 18.5 Å². The molecule has 1 aromatic carbocycles. The van der Waals surface area contributed by atoms with Crippen LogP contribution in [0.15, 0.2) is 30.5 Å². The van der Waals surface area contributed by atoms with Crippen molar-refractivity contribution >= 4 is 17.6 Å². The predicted molar refractivity (Wildman–Crippen MR) is 89.9 cm³/mol. The number of carbonyl (C=O) groups is 2. The van der Waals surface area contributed by atoms with E-state index in [4.69, 9.17) is 9.84 Å². The van der Waals surface area contributed by atoms with Crippen molar-refractivity contribution in [2.45, 2.75) is 25.9 Å². The summed E-state index contributed by atoms with van der Waals surface area (Å²) in [5, 5.41) is 15.0. The molecule has 1 amide bonds. The molecule has 0 bridgehead atoms. The lowest BCUT2D eigenvalue weighted by Gasteiger charge is -2.13. The van der Waals surface area contributed by atoms with Crippen molar-refractivity contribution in [1.82, 2.24) is 9.78 Å². The SMILES string of the molecule is CCCCOCC(=O)Nc1cccc(-n2ncc(C(=O)O)c2C(F)(F)F)c1. The molecule has 2 N–H and O–H groups in total. The third kappa shape index (κ3) is 5.30. The topological polar surface area (TPSA) is 93.5 Å². The van der Waals surface area contributed by atoms with Gasteiger partial charge in [-0.05, 0) is 24.6 Å². The van der Waals surface area contributed by atoms with Crippen molar-refractivity contribution in [3.8, 4) is 5.69 Å². The second-order valence-electron chi connectivity index (χ2n) is 5.63. The summed E-state index contributed by atoms with van der Waals surface area (Å²) in [7, 11) is 0. The van der Waals surface area contributed by atoms with E-state index in [0.717, 1.165) is 12.8 Å². The molecule has 0 radical (unpaired) electrons. The van der Waals surface area contributed by atoms with Gasteiger partial charge in [-0.3, -0.25) is 4.79 Å². The maximum absolute atomic E-state index is 13.3. The zero-order chi connectivity index (χ0) is 20.0. The molecule has 2 aromatic rings. The fraction of sp³-hybridized carbons (Fsp3) is 0.353. The molecular weight excluding hydrogens is 367 g/mol. The fourth-order valence-electron chi connectivity index (χ4n) is 2.30. The third-order valence-corrected chi connectivity index (χ3v) is 3.52. The van der Waals surface area contributed by atoms with Crippen molar-refractivity contribution in [1.29, 1.82) is 0 Å². The number of anilines is 1. The Morgan fingerprint density at radius 3 is 2.70 bits per heavy atom. The van der Waals surface area contributed by atoms with Crippen LogP contribution >= 0.6 is 0 Å². The number of aromatic nitrogens is 2. The Kier molecular flexibility index (Phi) is 6.56. The largest absolute Gasteiger partial charge is 0.478 e. The van der Waals surface area contributed by atoms with Gasteiger partial charge in [0.05, 0.1) is 11.9 Å². The summed E-state index contributed by atoms with van der Waals surface area (Å²) in [4.78, 5) is 22.9. The van der Waals surface area contributed by atoms with Crippen LogP contribution in [0.3, 0.4) is 0 Å². The van der Waals surface area contributed by atoms with Crippen molar-refractivity contribution in [3.05, 3.63) is 41.7 Å². The van der Waals surface area contributed by atoms with Crippen LogP contribution in [0.1, 0.15) is 35.8 Å². The Morgan fingerprint density at radius 1 is 1.33 bits per heavy atom. The molecule has 0 aliphatic heterocycles. The van der Waals surface area contributed by atoms with Gasteiger partial charge in [-0.15, -0.1) is 0 Å². The predicted octanol–water partition coefficient (Wildman–Crippen LogP) is 3.34. The van der Waals surface area contributed by atoms with Gasteiger partial charge in [0.2, 0.25) is 5.91 Å². The van der Waals surface area contributed by atoms with Crippen molar-refractivity contribution in [2.24, 2.45) is 0 Å². The summed E-state index contributed by atoms with van der Waals surface area (Å²) in [6.07, 6.45) is -2.55. The molecule has 0 aliphatic rings. The van der Waals surface area contributed by atoms with Crippen LogP contribution in [0.25, 0.3) is 5.69 Å². The first kappa shape index (κ1) is 20.4. The van der Waals surface area contributed by atoms with Crippen LogP contribution in [0.4, 0.5) is 18.9 Å². The van der Waals surface area contributed by atoms with Gasteiger partial charge in [0.15, 0.2) is 5.69 Å². The highest BCUT2D eigenvalue weighted by atomic mass is 19.4. The van der Waals surface area contributed by atoms with Crippen molar-refractivity contribution < 1.29 is 32.6 Å². The molecule has 0 unspecified atom stereocenters. The van der Waals surface area contributed by atoms with Gasteiger partial charge >= 0.3 is 12.1 Å². The molecule has 27 heavy (non-hydrogen) atoms. The van der Waals surface area contributed by atoms with Gasteiger partial charge in [-0.1, -0.05) is 19.4 Å². The van der Waals surface area contributed by atoms with Crippen molar-refractivity contribution in [3.63, 3.8) is 0 Å². The van der Waals surface area contributed by atoms with E-state index in [2.05, 4.69) is 10.4 Å². The minimum Gasteiger partial charge on any atom is -0.478 e. The number of unbranched alkanes of at least 4 members (excludes halogenated alkanes) is 1. The zero-order valence-corrected chi connectivity index (χ0v) is 14.4. The molecule has 0 atom stereocenters. The molecule has 0 aliphatic carbocycles. The fourth-order valence-corrected chi connectivity index (χ4v) is 2.30. The third-order valence-electron chi connectivity index (χ3n) is 3.52. The van der Waals surface area contributed by atoms with E-state index in [-0.39, 0.29) is 18.0 Å². The molecule has 1 heterocycles. The number of carboxylic acid groups (broad SMARTS) is 1. The minimum atomic E-state index is -4.92. The maximum atomic E-state index is 13.3. The Hall–Kier alpha value is -2.88. The Morgan fingerprint density at radius 2 is 2.07 bits per heavy atom. The number of rotatable bonds is 8. The molecule has 0 fully saturated rings. The summed E-state index contributed by atoms with van der Waals surface area (Å²) in [6, 6.07) is 5.49. The number of hydrogen-bond acceptors (Lipinski definition) is 4. The van der Waals surface area contributed by atoms with Crippen LogP contribution in [-0.2, 0) is 15.7 Å². The Balaban J connectivity index is 2.23. The minimum absolute atomic E-state index is 0.0421.